The summed E-state index contributed by atoms with van der Waals surface area (Å²) in [4.78, 5) is 10.2. The Bertz CT molecular complexity index is 648. The lowest BCUT2D eigenvalue weighted by Crippen LogP contribution is -2.40. The SMILES string of the molecule is CCNC(=NCc1ncc(C)s1)NCC(C)COCc1ccccc1.I. The van der Waals surface area contributed by atoms with Gasteiger partial charge in [0.25, 0.3) is 0 Å². The first-order chi connectivity index (χ1) is 12.2. The van der Waals surface area contributed by atoms with Crippen molar-refractivity contribution in [1.29, 1.82) is 0 Å². The number of hydrogen-bond acceptors (Lipinski definition) is 4. The molecule has 0 bridgehead atoms. The van der Waals surface area contributed by atoms with Crippen LogP contribution in [0, 0.1) is 12.8 Å². The van der Waals surface area contributed by atoms with Crippen molar-refractivity contribution in [2.24, 2.45) is 10.9 Å². The van der Waals surface area contributed by atoms with Gasteiger partial charge in [0.1, 0.15) is 5.01 Å². The number of aromatic nitrogens is 1. The summed E-state index contributed by atoms with van der Waals surface area (Å²) in [6, 6.07) is 10.3. The Kier molecular flexibility index (Phi) is 11.5. The molecule has 1 unspecified atom stereocenters. The number of benzene rings is 1. The van der Waals surface area contributed by atoms with Crippen LogP contribution in [-0.4, -0.2) is 30.6 Å². The third-order valence-electron chi connectivity index (χ3n) is 3.52. The number of guanidine groups is 1. The van der Waals surface area contributed by atoms with Crippen molar-refractivity contribution in [2.75, 3.05) is 19.7 Å². The first-order valence-corrected chi connectivity index (χ1v) is 9.54. The summed E-state index contributed by atoms with van der Waals surface area (Å²) >= 11 is 1.69. The van der Waals surface area contributed by atoms with Gasteiger partial charge in [0, 0.05) is 24.2 Å². The Morgan fingerprint density at radius 2 is 2.04 bits per heavy atom. The monoisotopic (exact) mass is 488 g/mol. The fraction of sp³-hybridized carbons (Fsp3) is 0.474. The highest BCUT2D eigenvalue weighted by molar-refractivity contribution is 14.0. The maximum atomic E-state index is 5.80. The van der Waals surface area contributed by atoms with Crippen molar-refractivity contribution in [3.8, 4) is 0 Å². The van der Waals surface area contributed by atoms with Crippen LogP contribution >= 0.6 is 35.3 Å². The van der Waals surface area contributed by atoms with Gasteiger partial charge in [-0.15, -0.1) is 35.3 Å². The number of halogens is 1. The first kappa shape index (κ1) is 22.9. The Labute approximate surface area is 177 Å². The van der Waals surface area contributed by atoms with Gasteiger partial charge in [0.2, 0.25) is 0 Å². The molecule has 5 nitrogen and oxygen atoms in total. The van der Waals surface area contributed by atoms with E-state index in [1.54, 1.807) is 11.3 Å². The van der Waals surface area contributed by atoms with Gasteiger partial charge in [0.05, 0.1) is 19.8 Å². The molecule has 1 heterocycles. The zero-order valence-corrected chi connectivity index (χ0v) is 18.8. The van der Waals surface area contributed by atoms with Crippen LogP contribution in [0.5, 0.6) is 0 Å². The van der Waals surface area contributed by atoms with Crippen LogP contribution in [0.4, 0.5) is 0 Å². The van der Waals surface area contributed by atoms with Gasteiger partial charge in [-0.2, -0.15) is 0 Å². The number of hydrogen-bond donors (Lipinski definition) is 2. The molecule has 2 N–H and O–H groups in total. The molecule has 0 spiro atoms. The molecule has 1 aromatic heterocycles. The Morgan fingerprint density at radius 1 is 1.27 bits per heavy atom. The molecule has 0 aliphatic carbocycles. The summed E-state index contributed by atoms with van der Waals surface area (Å²) in [5.41, 5.74) is 1.20. The minimum absolute atomic E-state index is 0. The summed E-state index contributed by atoms with van der Waals surface area (Å²) in [6.45, 7) is 9.93. The van der Waals surface area contributed by atoms with Gasteiger partial charge in [-0.05, 0) is 25.3 Å². The van der Waals surface area contributed by atoms with E-state index in [9.17, 15) is 0 Å². The first-order valence-electron chi connectivity index (χ1n) is 8.72. The maximum Gasteiger partial charge on any atom is 0.191 e. The summed E-state index contributed by atoms with van der Waals surface area (Å²) in [5, 5.41) is 7.69. The molecule has 1 atom stereocenters. The third-order valence-corrected chi connectivity index (χ3v) is 4.42. The van der Waals surface area contributed by atoms with E-state index in [2.05, 4.69) is 53.5 Å². The van der Waals surface area contributed by atoms with Crippen LogP contribution in [0.3, 0.4) is 0 Å². The van der Waals surface area contributed by atoms with Gasteiger partial charge in [-0.1, -0.05) is 37.3 Å². The Hall–Kier alpha value is -1.19. The smallest absolute Gasteiger partial charge is 0.191 e. The minimum atomic E-state index is 0. The predicted molar refractivity (Wildman–Crippen MR) is 120 cm³/mol. The molecule has 144 valence electrons. The van der Waals surface area contributed by atoms with Crippen LogP contribution in [0.2, 0.25) is 0 Å². The molecule has 0 radical (unpaired) electrons. The standard InChI is InChI=1S/C19H28N4OS.HI/c1-4-20-19(23-12-18-21-11-16(3)25-18)22-10-15(2)13-24-14-17-8-6-5-7-9-17;/h5-9,11,15H,4,10,12-14H2,1-3H3,(H2,20,22,23);1H. The number of nitrogens with zero attached hydrogens (tertiary/aromatic N) is 2. The average molecular weight is 488 g/mol. The third kappa shape index (κ3) is 8.95. The summed E-state index contributed by atoms with van der Waals surface area (Å²) in [6.07, 6.45) is 1.89. The van der Waals surface area contributed by atoms with E-state index in [1.165, 1.54) is 10.4 Å². The van der Waals surface area contributed by atoms with Crippen molar-refractivity contribution in [3.63, 3.8) is 0 Å². The van der Waals surface area contributed by atoms with E-state index < -0.39 is 0 Å². The lowest BCUT2D eigenvalue weighted by molar-refractivity contribution is 0.0931. The quantitative estimate of drug-likeness (QED) is 0.319. The number of rotatable bonds is 9. The van der Waals surface area contributed by atoms with Crippen LogP contribution < -0.4 is 10.6 Å². The summed E-state index contributed by atoms with van der Waals surface area (Å²) < 4.78 is 5.80. The molecule has 26 heavy (non-hydrogen) atoms. The fourth-order valence-corrected chi connectivity index (χ4v) is 2.96. The largest absolute Gasteiger partial charge is 0.376 e. The lowest BCUT2D eigenvalue weighted by Gasteiger charge is -2.16. The van der Waals surface area contributed by atoms with E-state index in [4.69, 9.17) is 4.74 Å². The second-order valence-corrected chi connectivity index (χ2v) is 7.37. The van der Waals surface area contributed by atoms with Crippen molar-refractivity contribution in [3.05, 3.63) is 52.0 Å². The molecule has 0 amide bonds. The number of ether oxygens (including phenoxy) is 1. The zero-order chi connectivity index (χ0) is 17.9. The maximum absolute atomic E-state index is 5.80. The normalized spacial score (nSPS) is 12.3. The second kappa shape index (κ2) is 13.1. The highest BCUT2D eigenvalue weighted by atomic mass is 127. The number of nitrogens with one attached hydrogen (secondary N) is 2. The predicted octanol–water partition coefficient (Wildman–Crippen LogP) is 3.98. The van der Waals surface area contributed by atoms with Crippen molar-refractivity contribution >= 4 is 41.3 Å². The van der Waals surface area contributed by atoms with Crippen molar-refractivity contribution < 1.29 is 4.74 Å². The molecule has 0 fully saturated rings. The molecule has 0 saturated heterocycles. The molecule has 7 heteroatoms. The van der Waals surface area contributed by atoms with Crippen molar-refractivity contribution in [2.45, 2.75) is 33.9 Å². The lowest BCUT2D eigenvalue weighted by atomic mass is 10.2. The van der Waals surface area contributed by atoms with Crippen LogP contribution in [-0.2, 0) is 17.9 Å². The van der Waals surface area contributed by atoms with E-state index in [1.807, 2.05) is 24.4 Å². The molecule has 2 aromatic rings. The van der Waals surface area contributed by atoms with Crippen LogP contribution in [0.25, 0.3) is 0 Å². The van der Waals surface area contributed by atoms with Gasteiger partial charge in [-0.3, -0.25) is 0 Å². The van der Waals surface area contributed by atoms with Gasteiger partial charge in [-0.25, -0.2) is 9.98 Å². The van der Waals surface area contributed by atoms with E-state index >= 15 is 0 Å². The second-order valence-electron chi connectivity index (χ2n) is 6.05. The van der Waals surface area contributed by atoms with Gasteiger partial charge in [0.15, 0.2) is 5.96 Å². The topological polar surface area (TPSA) is 58.5 Å². The minimum Gasteiger partial charge on any atom is -0.376 e. The molecular weight excluding hydrogens is 459 g/mol. The molecule has 0 saturated carbocycles. The van der Waals surface area contributed by atoms with Crippen molar-refractivity contribution in [1.82, 2.24) is 15.6 Å². The molecular formula is C19H29IN4OS. The van der Waals surface area contributed by atoms with Crippen LogP contribution in [0.1, 0.15) is 29.3 Å². The Balaban J connectivity index is 0.00000338. The fourth-order valence-electron chi connectivity index (χ4n) is 2.24. The van der Waals surface area contributed by atoms with E-state index in [-0.39, 0.29) is 24.0 Å². The number of thiazole rings is 1. The number of aryl methyl sites for hydroxylation is 1. The van der Waals surface area contributed by atoms with E-state index in [0.29, 0.717) is 25.7 Å². The van der Waals surface area contributed by atoms with E-state index in [0.717, 1.165) is 24.1 Å². The summed E-state index contributed by atoms with van der Waals surface area (Å²) in [7, 11) is 0. The molecule has 0 aliphatic rings. The molecule has 2 rings (SSSR count). The zero-order valence-electron chi connectivity index (χ0n) is 15.7. The van der Waals surface area contributed by atoms with Gasteiger partial charge >= 0.3 is 0 Å². The number of aliphatic imine (C=N–C) groups is 1. The highest BCUT2D eigenvalue weighted by Crippen LogP contribution is 2.11. The molecule has 1 aromatic carbocycles. The highest BCUT2D eigenvalue weighted by Gasteiger charge is 2.05. The Morgan fingerprint density at radius 3 is 2.69 bits per heavy atom. The van der Waals surface area contributed by atoms with Crippen LogP contribution in [0.15, 0.2) is 41.5 Å². The van der Waals surface area contributed by atoms with Gasteiger partial charge < -0.3 is 15.4 Å². The molecule has 0 aliphatic heterocycles. The summed E-state index contributed by atoms with van der Waals surface area (Å²) in [5.74, 6) is 1.22. The average Bonchev–Trinajstić information content (AvgIpc) is 3.04.